The molecule has 1 aromatic heterocycles. The Morgan fingerprint density at radius 2 is 2.05 bits per heavy atom. The average Bonchev–Trinajstić information content (AvgIpc) is 3.08. The Morgan fingerprint density at radius 1 is 1.33 bits per heavy atom. The molecule has 0 aromatic carbocycles. The molecule has 6 nitrogen and oxygen atoms in total. The van der Waals surface area contributed by atoms with Gasteiger partial charge in [0.05, 0.1) is 17.2 Å². The molecule has 2 fully saturated rings. The Balaban J connectivity index is 1.91. The highest BCUT2D eigenvalue weighted by atomic mass is 32.2. The summed E-state index contributed by atoms with van der Waals surface area (Å²) >= 11 is 0. The standard InChI is InChI=1S/C14H20N2O4S/c1-3-12-13(9(2)20-15-12)14(17)16(10-4-5-10)11-6-7-21(18,19)8-11/h10-11H,3-8H2,1-2H3. The number of hydrogen-bond acceptors (Lipinski definition) is 5. The topological polar surface area (TPSA) is 80.5 Å². The fourth-order valence-corrected chi connectivity index (χ4v) is 4.75. The van der Waals surface area contributed by atoms with Crippen molar-refractivity contribution in [1.29, 1.82) is 0 Å². The molecule has 1 saturated heterocycles. The summed E-state index contributed by atoms with van der Waals surface area (Å²) in [6.45, 7) is 3.66. The summed E-state index contributed by atoms with van der Waals surface area (Å²) in [5, 5.41) is 3.93. The summed E-state index contributed by atoms with van der Waals surface area (Å²) < 4.78 is 28.6. The summed E-state index contributed by atoms with van der Waals surface area (Å²) in [6.07, 6.45) is 3.07. The van der Waals surface area contributed by atoms with Gasteiger partial charge in [-0.3, -0.25) is 4.79 Å². The van der Waals surface area contributed by atoms with Crippen molar-refractivity contribution in [3.63, 3.8) is 0 Å². The van der Waals surface area contributed by atoms with Crippen LogP contribution in [-0.4, -0.2) is 48.0 Å². The van der Waals surface area contributed by atoms with E-state index in [9.17, 15) is 13.2 Å². The molecule has 1 aliphatic carbocycles. The van der Waals surface area contributed by atoms with Crippen molar-refractivity contribution >= 4 is 15.7 Å². The van der Waals surface area contributed by atoms with Crippen molar-refractivity contribution in [2.24, 2.45) is 0 Å². The quantitative estimate of drug-likeness (QED) is 0.838. The van der Waals surface area contributed by atoms with Crippen LogP contribution in [-0.2, 0) is 16.3 Å². The van der Waals surface area contributed by atoms with Gasteiger partial charge in [0.15, 0.2) is 9.84 Å². The van der Waals surface area contributed by atoms with Crippen LogP contribution in [0.25, 0.3) is 0 Å². The number of hydrogen-bond donors (Lipinski definition) is 0. The fourth-order valence-electron chi connectivity index (χ4n) is 3.04. The maximum absolute atomic E-state index is 12.9. The molecule has 21 heavy (non-hydrogen) atoms. The van der Waals surface area contributed by atoms with E-state index in [-0.39, 0.29) is 29.5 Å². The fraction of sp³-hybridized carbons (Fsp3) is 0.714. The third-order valence-electron chi connectivity index (χ3n) is 4.26. The van der Waals surface area contributed by atoms with Gasteiger partial charge in [-0.15, -0.1) is 0 Å². The van der Waals surface area contributed by atoms with E-state index in [1.54, 1.807) is 11.8 Å². The summed E-state index contributed by atoms with van der Waals surface area (Å²) in [6, 6.07) is -0.0242. The predicted molar refractivity (Wildman–Crippen MR) is 76.9 cm³/mol. The first-order valence-electron chi connectivity index (χ1n) is 7.41. The largest absolute Gasteiger partial charge is 0.361 e. The summed E-state index contributed by atoms with van der Waals surface area (Å²) in [5.74, 6) is 0.664. The van der Waals surface area contributed by atoms with Crippen molar-refractivity contribution in [2.75, 3.05) is 11.5 Å². The molecule has 3 rings (SSSR count). The van der Waals surface area contributed by atoms with Crippen LogP contribution in [0, 0.1) is 6.92 Å². The number of carbonyl (C=O) groups is 1. The second-order valence-electron chi connectivity index (χ2n) is 5.91. The van der Waals surface area contributed by atoms with Crippen LogP contribution in [0.4, 0.5) is 0 Å². The average molecular weight is 312 g/mol. The van der Waals surface area contributed by atoms with E-state index in [0.717, 1.165) is 12.8 Å². The van der Waals surface area contributed by atoms with Crippen LogP contribution in [0.2, 0.25) is 0 Å². The SMILES string of the molecule is CCc1noc(C)c1C(=O)N(C1CC1)C1CCS(=O)(=O)C1. The van der Waals surface area contributed by atoms with Crippen molar-refractivity contribution in [2.45, 2.75) is 51.6 Å². The molecular formula is C14H20N2O4S. The van der Waals surface area contributed by atoms with E-state index in [0.29, 0.717) is 29.9 Å². The second kappa shape index (κ2) is 5.12. The van der Waals surface area contributed by atoms with Gasteiger partial charge in [-0.2, -0.15) is 0 Å². The summed E-state index contributed by atoms with van der Waals surface area (Å²) in [5.41, 5.74) is 1.18. The monoisotopic (exact) mass is 312 g/mol. The van der Waals surface area contributed by atoms with Gasteiger partial charge in [-0.05, 0) is 32.6 Å². The number of aromatic nitrogens is 1. The molecule has 0 radical (unpaired) electrons. The summed E-state index contributed by atoms with van der Waals surface area (Å²) in [4.78, 5) is 14.7. The third kappa shape index (κ3) is 2.71. The van der Waals surface area contributed by atoms with E-state index >= 15 is 0 Å². The molecule has 7 heteroatoms. The van der Waals surface area contributed by atoms with Crippen LogP contribution in [0.1, 0.15) is 48.0 Å². The minimum absolute atomic E-state index is 0.0844. The lowest BCUT2D eigenvalue weighted by Crippen LogP contribution is -2.43. The van der Waals surface area contributed by atoms with Crippen LogP contribution < -0.4 is 0 Å². The smallest absolute Gasteiger partial charge is 0.259 e. The lowest BCUT2D eigenvalue weighted by atomic mass is 10.1. The van der Waals surface area contributed by atoms with E-state index in [2.05, 4.69) is 5.16 Å². The molecule has 0 spiro atoms. The first kappa shape index (κ1) is 14.6. The van der Waals surface area contributed by atoms with Crippen molar-refractivity contribution in [1.82, 2.24) is 10.1 Å². The number of nitrogens with zero attached hydrogens (tertiary/aromatic N) is 2. The van der Waals surface area contributed by atoms with Crippen molar-refractivity contribution in [3.05, 3.63) is 17.0 Å². The minimum Gasteiger partial charge on any atom is -0.361 e. The lowest BCUT2D eigenvalue weighted by Gasteiger charge is -2.28. The Hall–Kier alpha value is -1.37. The molecule has 0 N–H and O–H groups in total. The maximum atomic E-state index is 12.9. The molecule has 1 aliphatic heterocycles. The maximum Gasteiger partial charge on any atom is 0.259 e. The summed E-state index contributed by atoms with van der Waals surface area (Å²) in [7, 11) is -3.01. The highest BCUT2D eigenvalue weighted by Gasteiger charge is 2.43. The molecule has 2 aliphatic rings. The Morgan fingerprint density at radius 3 is 2.57 bits per heavy atom. The van der Waals surface area contributed by atoms with Crippen molar-refractivity contribution in [3.8, 4) is 0 Å². The van der Waals surface area contributed by atoms with Gasteiger partial charge in [0.1, 0.15) is 11.3 Å². The van der Waals surface area contributed by atoms with Crippen molar-refractivity contribution < 1.29 is 17.7 Å². The van der Waals surface area contributed by atoms with Gasteiger partial charge in [-0.25, -0.2) is 8.42 Å². The predicted octanol–water partition coefficient (Wildman–Crippen LogP) is 1.34. The molecule has 1 unspecified atom stereocenters. The Labute approximate surface area is 124 Å². The Kier molecular flexibility index (Phi) is 3.55. The molecule has 1 amide bonds. The normalized spacial score (nSPS) is 24.2. The molecule has 2 heterocycles. The van der Waals surface area contributed by atoms with E-state index in [1.807, 2.05) is 6.92 Å². The van der Waals surface area contributed by atoms with Crippen LogP contribution in [0.5, 0.6) is 0 Å². The number of carbonyl (C=O) groups excluding carboxylic acids is 1. The second-order valence-corrected chi connectivity index (χ2v) is 8.14. The van der Waals surface area contributed by atoms with Gasteiger partial charge < -0.3 is 9.42 Å². The number of rotatable bonds is 4. The molecule has 116 valence electrons. The Bertz CT molecular complexity index is 661. The zero-order chi connectivity index (χ0) is 15.2. The van der Waals surface area contributed by atoms with E-state index in [1.165, 1.54) is 0 Å². The first-order valence-corrected chi connectivity index (χ1v) is 9.23. The van der Waals surface area contributed by atoms with Gasteiger partial charge in [0.2, 0.25) is 0 Å². The van der Waals surface area contributed by atoms with E-state index < -0.39 is 9.84 Å². The molecule has 1 saturated carbocycles. The van der Waals surface area contributed by atoms with E-state index in [4.69, 9.17) is 4.52 Å². The van der Waals surface area contributed by atoms with Gasteiger partial charge >= 0.3 is 0 Å². The molecule has 1 atom stereocenters. The van der Waals surface area contributed by atoms with Gasteiger partial charge in [-0.1, -0.05) is 12.1 Å². The van der Waals surface area contributed by atoms with Crippen LogP contribution in [0.3, 0.4) is 0 Å². The molecular weight excluding hydrogens is 292 g/mol. The zero-order valence-electron chi connectivity index (χ0n) is 12.3. The zero-order valence-corrected chi connectivity index (χ0v) is 13.1. The first-order chi connectivity index (χ1) is 9.93. The van der Waals surface area contributed by atoms with Crippen LogP contribution >= 0.6 is 0 Å². The number of sulfone groups is 1. The molecule has 1 aromatic rings. The highest BCUT2D eigenvalue weighted by molar-refractivity contribution is 7.91. The number of amides is 1. The third-order valence-corrected chi connectivity index (χ3v) is 6.01. The minimum atomic E-state index is -3.01. The van der Waals surface area contributed by atoms with Crippen LogP contribution in [0.15, 0.2) is 4.52 Å². The highest BCUT2D eigenvalue weighted by Crippen LogP contribution is 2.34. The lowest BCUT2D eigenvalue weighted by molar-refractivity contribution is 0.0678. The van der Waals surface area contributed by atoms with Gasteiger partial charge in [0.25, 0.3) is 5.91 Å². The van der Waals surface area contributed by atoms with Gasteiger partial charge in [0, 0.05) is 12.1 Å². The molecule has 0 bridgehead atoms. The number of aryl methyl sites for hydroxylation is 2.